The molecule has 2 N–H and O–H groups in total. The predicted molar refractivity (Wildman–Crippen MR) is 79.2 cm³/mol. The molecule has 0 aliphatic rings. The Bertz CT molecular complexity index is 571. The average molecular weight is 272 g/mol. The fraction of sp³-hybridized carbons (Fsp3) is 0.294. The predicted octanol–water partition coefficient (Wildman–Crippen LogP) is 3.30. The van der Waals surface area contributed by atoms with Gasteiger partial charge in [-0.1, -0.05) is 36.4 Å². The molecule has 0 fully saturated rings. The van der Waals surface area contributed by atoms with Gasteiger partial charge in [-0.05, 0) is 25.5 Å². The summed E-state index contributed by atoms with van der Waals surface area (Å²) in [5.74, 6) is 0.406. The maximum atomic E-state index is 10.5. The van der Waals surface area contributed by atoms with Gasteiger partial charge < -0.3 is 14.9 Å². The minimum absolute atomic E-state index is 0.125. The number of phenolic OH excluding ortho intramolecular Hbond substituents is 1. The second kappa shape index (κ2) is 5.55. The fourth-order valence-electron chi connectivity index (χ4n) is 2.51. The first-order valence-electron chi connectivity index (χ1n) is 6.57. The van der Waals surface area contributed by atoms with Crippen molar-refractivity contribution < 1.29 is 14.9 Å². The summed E-state index contributed by atoms with van der Waals surface area (Å²) in [5, 5.41) is 20.7. The van der Waals surface area contributed by atoms with Gasteiger partial charge in [-0.25, -0.2) is 0 Å². The number of rotatable bonds is 4. The summed E-state index contributed by atoms with van der Waals surface area (Å²) in [6.45, 7) is 3.49. The lowest BCUT2D eigenvalue weighted by Crippen LogP contribution is -2.29. The highest BCUT2D eigenvalue weighted by atomic mass is 16.5. The van der Waals surface area contributed by atoms with Crippen molar-refractivity contribution in [2.75, 3.05) is 7.11 Å². The van der Waals surface area contributed by atoms with Gasteiger partial charge in [0.25, 0.3) is 0 Å². The molecule has 0 radical (unpaired) electrons. The summed E-state index contributed by atoms with van der Waals surface area (Å²) in [5.41, 5.74) is 0.651. The van der Waals surface area contributed by atoms with E-state index in [0.717, 1.165) is 5.56 Å². The van der Waals surface area contributed by atoms with Crippen LogP contribution in [-0.4, -0.2) is 22.9 Å². The first kappa shape index (κ1) is 14.4. The van der Waals surface area contributed by atoms with E-state index in [1.165, 1.54) is 0 Å². The first-order valence-corrected chi connectivity index (χ1v) is 6.57. The monoisotopic (exact) mass is 272 g/mol. The first-order chi connectivity index (χ1) is 9.43. The summed E-state index contributed by atoms with van der Waals surface area (Å²) >= 11 is 0. The second-order valence-electron chi connectivity index (χ2n) is 5.42. The highest BCUT2D eigenvalue weighted by Crippen LogP contribution is 2.40. The van der Waals surface area contributed by atoms with Crippen molar-refractivity contribution >= 4 is 0 Å². The Morgan fingerprint density at radius 2 is 1.70 bits per heavy atom. The van der Waals surface area contributed by atoms with E-state index in [9.17, 15) is 10.2 Å². The number of benzene rings is 2. The van der Waals surface area contributed by atoms with Gasteiger partial charge >= 0.3 is 0 Å². The van der Waals surface area contributed by atoms with Gasteiger partial charge in [-0.2, -0.15) is 0 Å². The molecule has 0 bridgehead atoms. The Morgan fingerprint density at radius 3 is 2.20 bits per heavy atom. The van der Waals surface area contributed by atoms with E-state index in [2.05, 4.69) is 0 Å². The molecule has 0 spiro atoms. The van der Waals surface area contributed by atoms with Crippen LogP contribution < -0.4 is 4.74 Å². The number of phenols is 1. The van der Waals surface area contributed by atoms with Gasteiger partial charge in [0.1, 0.15) is 11.5 Å². The van der Waals surface area contributed by atoms with Crippen LogP contribution in [0.15, 0.2) is 48.5 Å². The zero-order valence-corrected chi connectivity index (χ0v) is 12.0. The molecular formula is C17H20O3. The van der Waals surface area contributed by atoms with Crippen LogP contribution in [-0.2, 0) is 0 Å². The lowest BCUT2D eigenvalue weighted by atomic mass is 9.79. The molecule has 2 rings (SSSR count). The number of aromatic hydroxyl groups is 1. The molecule has 0 saturated carbocycles. The lowest BCUT2D eigenvalue weighted by Gasteiger charge is -2.31. The third-order valence-corrected chi connectivity index (χ3v) is 3.39. The van der Waals surface area contributed by atoms with Crippen LogP contribution in [0.3, 0.4) is 0 Å². The Hall–Kier alpha value is -2.00. The highest BCUT2D eigenvalue weighted by Gasteiger charge is 2.31. The zero-order chi connectivity index (χ0) is 14.8. The molecular weight excluding hydrogens is 252 g/mol. The van der Waals surface area contributed by atoms with Crippen molar-refractivity contribution in [1.82, 2.24) is 0 Å². The summed E-state index contributed by atoms with van der Waals surface area (Å²) in [7, 11) is 1.55. The largest absolute Gasteiger partial charge is 0.508 e. The maximum Gasteiger partial charge on any atom is 0.123 e. The molecule has 1 unspecified atom stereocenters. The molecule has 2 aromatic rings. The number of hydrogen-bond donors (Lipinski definition) is 2. The smallest absolute Gasteiger partial charge is 0.123 e. The molecule has 3 heteroatoms. The van der Waals surface area contributed by atoms with Crippen LogP contribution in [0.4, 0.5) is 0 Å². The van der Waals surface area contributed by atoms with Crippen molar-refractivity contribution in [2.45, 2.75) is 25.4 Å². The second-order valence-corrected chi connectivity index (χ2v) is 5.42. The van der Waals surface area contributed by atoms with Crippen LogP contribution in [0.5, 0.6) is 11.5 Å². The molecule has 106 valence electrons. The molecule has 0 heterocycles. The maximum absolute atomic E-state index is 10.5. The summed E-state index contributed by atoms with van der Waals surface area (Å²) < 4.78 is 5.10. The highest BCUT2D eigenvalue weighted by molar-refractivity contribution is 5.47. The lowest BCUT2D eigenvalue weighted by molar-refractivity contribution is 0.0619. The van der Waals surface area contributed by atoms with Crippen molar-refractivity contribution in [1.29, 1.82) is 0 Å². The molecule has 0 amide bonds. The van der Waals surface area contributed by atoms with E-state index >= 15 is 0 Å². The summed E-state index contributed by atoms with van der Waals surface area (Å²) in [6, 6.07) is 14.8. The molecule has 1 atom stereocenters. The van der Waals surface area contributed by atoms with Gasteiger partial charge in [-0.15, -0.1) is 0 Å². The summed E-state index contributed by atoms with van der Waals surface area (Å²) in [4.78, 5) is 0. The Kier molecular flexibility index (Phi) is 4.00. The van der Waals surface area contributed by atoms with Crippen LogP contribution >= 0.6 is 0 Å². The number of methoxy groups -OCH3 is 1. The summed E-state index contributed by atoms with van der Waals surface area (Å²) in [6.07, 6.45) is 0. The van der Waals surface area contributed by atoms with Gasteiger partial charge in [0.15, 0.2) is 0 Å². The Labute approximate surface area is 119 Å². The van der Waals surface area contributed by atoms with Gasteiger partial charge in [0.2, 0.25) is 0 Å². The van der Waals surface area contributed by atoms with E-state index in [1.54, 1.807) is 39.2 Å². The van der Waals surface area contributed by atoms with Crippen molar-refractivity contribution in [3.63, 3.8) is 0 Å². The minimum Gasteiger partial charge on any atom is -0.508 e. The van der Waals surface area contributed by atoms with Crippen molar-refractivity contribution in [2.24, 2.45) is 0 Å². The van der Waals surface area contributed by atoms with Crippen LogP contribution in [0.2, 0.25) is 0 Å². The number of hydrogen-bond acceptors (Lipinski definition) is 3. The molecule has 0 aliphatic carbocycles. The topological polar surface area (TPSA) is 49.7 Å². The number of ether oxygens (including phenoxy) is 1. The van der Waals surface area contributed by atoms with Gasteiger partial charge in [0, 0.05) is 17.5 Å². The quantitative estimate of drug-likeness (QED) is 0.897. The van der Waals surface area contributed by atoms with Gasteiger partial charge in [-0.3, -0.25) is 0 Å². The zero-order valence-electron chi connectivity index (χ0n) is 12.0. The van der Waals surface area contributed by atoms with Gasteiger partial charge in [0.05, 0.1) is 12.7 Å². The fourth-order valence-corrected chi connectivity index (χ4v) is 2.51. The molecule has 20 heavy (non-hydrogen) atoms. The van der Waals surface area contributed by atoms with Crippen LogP contribution in [0.1, 0.15) is 30.9 Å². The molecule has 3 nitrogen and oxygen atoms in total. The normalized spacial score (nSPS) is 13.0. The molecule has 0 saturated heterocycles. The third-order valence-electron chi connectivity index (χ3n) is 3.39. The van der Waals surface area contributed by atoms with Crippen molar-refractivity contribution in [3.8, 4) is 11.5 Å². The average Bonchev–Trinajstić information content (AvgIpc) is 2.40. The molecule has 0 aliphatic heterocycles. The SMILES string of the molecule is COc1ccc(C(c2ccccc2)C(C)(C)O)c(O)c1. The van der Waals surface area contributed by atoms with Crippen LogP contribution in [0.25, 0.3) is 0 Å². The minimum atomic E-state index is -0.993. The van der Waals surface area contributed by atoms with E-state index in [0.29, 0.717) is 11.3 Å². The standard InChI is InChI=1S/C17H20O3/c1-17(2,19)16(12-7-5-4-6-8-12)14-10-9-13(20-3)11-15(14)18/h4-11,16,18-19H,1-3H3. The Balaban J connectivity index is 2.53. The Morgan fingerprint density at radius 1 is 1.05 bits per heavy atom. The van der Waals surface area contributed by atoms with Crippen molar-refractivity contribution in [3.05, 3.63) is 59.7 Å². The van der Waals surface area contributed by atoms with E-state index < -0.39 is 5.60 Å². The number of aliphatic hydroxyl groups is 1. The van der Waals surface area contributed by atoms with Crippen LogP contribution in [0, 0.1) is 0 Å². The third kappa shape index (κ3) is 2.94. The molecule has 2 aromatic carbocycles. The van der Waals surface area contributed by atoms with E-state index in [4.69, 9.17) is 4.74 Å². The molecule has 0 aromatic heterocycles. The van der Waals surface area contributed by atoms with E-state index in [1.807, 2.05) is 30.3 Å². The van der Waals surface area contributed by atoms with E-state index in [-0.39, 0.29) is 11.7 Å².